The Labute approximate surface area is 153 Å². The average Bonchev–Trinajstić information content (AvgIpc) is 3.13. The van der Waals surface area contributed by atoms with Gasteiger partial charge in [0.1, 0.15) is 4.83 Å². The molecule has 0 saturated heterocycles. The van der Waals surface area contributed by atoms with Gasteiger partial charge in [-0.2, -0.15) is 0 Å². The second-order valence-corrected chi connectivity index (χ2v) is 8.93. The molecule has 0 amide bonds. The smallest absolute Gasteiger partial charge is 0.307 e. The molecule has 1 N–H and O–H groups in total. The van der Waals surface area contributed by atoms with Crippen LogP contribution in [0.1, 0.15) is 46.0 Å². The summed E-state index contributed by atoms with van der Waals surface area (Å²) in [4.78, 5) is 33.6. The Hall–Kier alpha value is -1.99. The highest BCUT2D eigenvalue weighted by atomic mass is 32.1. The molecule has 132 valence electrons. The van der Waals surface area contributed by atoms with Crippen LogP contribution in [0.2, 0.25) is 0 Å². The number of aromatic nitrogens is 2. The van der Waals surface area contributed by atoms with Gasteiger partial charge >= 0.3 is 5.97 Å². The van der Waals surface area contributed by atoms with Gasteiger partial charge in [-0.3, -0.25) is 9.59 Å². The zero-order valence-corrected chi connectivity index (χ0v) is 16.2. The predicted octanol–water partition coefficient (Wildman–Crippen LogP) is 4.75. The van der Waals surface area contributed by atoms with Crippen LogP contribution in [-0.4, -0.2) is 15.9 Å². The Bertz CT molecular complexity index is 949. The summed E-state index contributed by atoms with van der Waals surface area (Å²) in [5.41, 5.74) is 0.543. The summed E-state index contributed by atoms with van der Waals surface area (Å²) >= 11 is 3.01. The van der Waals surface area contributed by atoms with Crippen molar-refractivity contribution in [3.63, 3.8) is 0 Å². The maximum Gasteiger partial charge on any atom is 0.307 e. The standard InChI is InChI=1S/C18H20N2O3S2/c1-10(23-13(21)8-18(2,3)4)15-19-16(22)14-11(9-25-17(14)20-15)12-6-5-7-24-12/h5-7,9-10H,8H2,1-4H3,(H,19,20,22)/t10-/m1/s1. The van der Waals surface area contributed by atoms with Crippen molar-refractivity contribution in [2.45, 2.75) is 40.2 Å². The molecule has 5 nitrogen and oxygen atoms in total. The minimum absolute atomic E-state index is 0.148. The van der Waals surface area contributed by atoms with E-state index in [1.807, 2.05) is 43.7 Å². The molecular weight excluding hydrogens is 356 g/mol. The fourth-order valence-electron chi connectivity index (χ4n) is 2.50. The van der Waals surface area contributed by atoms with Gasteiger partial charge in [-0.1, -0.05) is 26.8 Å². The van der Waals surface area contributed by atoms with E-state index in [0.29, 0.717) is 22.5 Å². The molecule has 1 atom stereocenters. The zero-order chi connectivity index (χ0) is 18.2. The Morgan fingerprint density at radius 2 is 2.12 bits per heavy atom. The lowest BCUT2D eigenvalue weighted by atomic mass is 9.92. The van der Waals surface area contributed by atoms with Gasteiger partial charge in [-0.25, -0.2) is 4.98 Å². The largest absolute Gasteiger partial charge is 0.454 e. The molecule has 3 aromatic rings. The van der Waals surface area contributed by atoms with E-state index in [4.69, 9.17) is 4.74 Å². The van der Waals surface area contributed by atoms with Crippen LogP contribution in [0.15, 0.2) is 27.7 Å². The first-order valence-corrected chi connectivity index (χ1v) is 9.75. The van der Waals surface area contributed by atoms with Crippen molar-refractivity contribution < 1.29 is 9.53 Å². The summed E-state index contributed by atoms with van der Waals surface area (Å²) in [7, 11) is 0. The lowest BCUT2D eigenvalue weighted by molar-refractivity contribution is -0.151. The number of esters is 1. The van der Waals surface area contributed by atoms with Crippen molar-refractivity contribution >= 4 is 38.9 Å². The molecule has 0 aliphatic rings. The molecule has 0 bridgehead atoms. The first-order chi connectivity index (χ1) is 11.7. The van der Waals surface area contributed by atoms with E-state index in [-0.39, 0.29) is 16.9 Å². The molecule has 0 aromatic carbocycles. The number of carbonyl (C=O) groups excluding carboxylic acids is 1. The number of nitrogens with one attached hydrogen (secondary N) is 1. The normalized spacial score (nSPS) is 13.1. The molecule has 0 unspecified atom stereocenters. The molecule has 7 heteroatoms. The van der Waals surface area contributed by atoms with E-state index in [9.17, 15) is 9.59 Å². The van der Waals surface area contributed by atoms with E-state index < -0.39 is 6.10 Å². The summed E-state index contributed by atoms with van der Waals surface area (Å²) < 4.78 is 5.43. The fourth-order valence-corrected chi connectivity index (χ4v) is 4.27. The molecular formula is C18H20N2O3S2. The van der Waals surface area contributed by atoms with Crippen LogP contribution >= 0.6 is 22.7 Å². The number of fused-ring (bicyclic) bond motifs is 1. The lowest BCUT2D eigenvalue weighted by Crippen LogP contribution is -2.20. The van der Waals surface area contributed by atoms with Gasteiger partial charge in [0.15, 0.2) is 11.9 Å². The Morgan fingerprint density at radius 3 is 2.76 bits per heavy atom. The molecule has 0 aliphatic carbocycles. The maximum absolute atomic E-state index is 12.6. The van der Waals surface area contributed by atoms with E-state index in [1.54, 1.807) is 18.3 Å². The van der Waals surface area contributed by atoms with Crippen molar-refractivity contribution in [2.75, 3.05) is 0 Å². The Morgan fingerprint density at radius 1 is 1.36 bits per heavy atom. The average molecular weight is 377 g/mol. The van der Waals surface area contributed by atoms with Gasteiger partial charge in [0.2, 0.25) is 0 Å². The third-order valence-corrected chi connectivity index (χ3v) is 5.39. The summed E-state index contributed by atoms with van der Waals surface area (Å²) in [6.07, 6.45) is -0.287. The summed E-state index contributed by atoms with van der Waals surface area (Å²) in [6.45, 7) is 7.65. The quantitative estimate of drug-likeness (QED) is 0.667. The number of rotatable bonds is 4. The Balaban J connectivity index is 1.89. The number of thiophene rings is 2. The number of H-pyrrole nitrogens is 1. The van der Waals surface area contributed by atoms with Crippen molar-refractivity contribution in [3.05, 3.63) is 39.1 Å². The van der Waals surface area contributed by atoms with Crippen LogP contribution in [0.3, 0.4) is 0 Å². The van der Waals surface area contributed by atoms with Crippen LogP contribution in [-0.2, 0) is 9.53 Å². The molecule has 0 aliphatic heterocycles. The van der Waals surface area contributed by atoms with Crippen LogP contribution in [0.5, 0.6) is 0 Å². The van der Waals surface area contributed by atoms with Gasteiger partial charge in [0.05, 0.1) is 11.8 Å². The second-order valence-electron chi connectivity index (χ2n) is 7.13. The van der Waals surface area contributed by atoms with Crippen LogP contribution in [0.4, 0.5) is 0 Å². The number of nitrogens with zero attached hydrogens (tertiary/aromatic N) is 1. The number of hydrogen-bond acceptors (Lipinski definition) is 6. The van der Waals surface area contributed by atoms with E-state index in [0.717, 1.165) is 10.4 Å². The van der Waals surface area contributed by atoms with Crippen molar-refractivity contribution in [3.8, 4) is 10.4 Å². The Kier molecular flexibility index (Phi) is 4.79. The zero-order valence-electron chi connectivity index (χ0n) is 14.6. The number of carbonyl (C=O) groups is 1. The molecule has 0 radical (unpaired) electrons. The van der Waals surface area contributed by atoms with E-state index >= 15 is 0 Å². The number of ether oxygens (including phenoxy) is 1. The van der Waals surface area contributed by atoms with E-state index in [1.165, 1.54) is 11.3 Å². The van der Waals surface area contributed by atoms with Crippen LogP contribution in [0.25, 0.3) is 20.7 Å². The van der Waals surface area contributed by atoms with Gasteiger partial charge < -0.3 is 9.72 Å². The van der Waals surface area contributed by atoms with Crippen LogP contribution < -0.4 is 5.56 Å². The SMILES string of the molecule is C[C@@H](OC(=O)CC(C)(C)C)c1nc2scc(-c3cccs3)c2c(=O)[nH]1. The topological polar surface area (TPSA) is 72.0 Å². The first kappa shape index (κ1) is 17.8. The summed E-state index contributed by atoms with van der Waals surface area (Å²) in [5, 5.41) is 4.51. The molecule has 3 rings (SSSR count). The minimum Gasteiger partial charge on any atom is -0.454 e. The van der Waals surface area contributed by atoms with Gasteiger partial charge in [0.25, 0.3) is 5.56 Å². The van der Waals surface area contributed by atoms with Crippen molar-refractivity contribution in [2.24, 2.45) is 5.41 Å². The highest BCUT2D eigenvalue weighted by Crippen LogP contribution is 2.34. The van der Waals surface area contributed by atoms with Crippen molar-refractivity contribution in [1.29, 1.82) is 0 Å². The van der Waals surface area contributed by atoms with Gasteiger partial charge in [-0.05, 0) is 23.8 Å². The molecule has 0 saturated carbocycles. The van der Waals surface area contributed by atoms with Crippen molar-refractivity contribution in [1.82, 2.24) is 9.97 Å². The molecule has 0 fully saturated rings. The molecule has 3 heterocycles. The summed E-state index contributed by atoms with van der Waals surface area (Å²) in [5.74, 6) is 0.0764. The van der Waals surface area contributed by atoms with Gasteiger partial charge in [-0.15, -0.1) is 22.7 Å². The molecule has 0 spiro atoms. The second kappa shape index (κ2) is 6.72. The fraction of sp³-hybridized carbons (Fsp3) is 0.389. The summed E-state index contributed by atoms with van der Waals surface area (Å²) in [6, 6.07) is 3.94. The highest BCUT2D eigenvalue weighted by molar-refractivity contribution is 7.18. The third-order valence-electron chi connectivity index (χ3n) is 3.62. The highest BCUT2D eigenvalue weighted by Gasteiger charge is 2.22. The maximum atomic E-state index is 12.6. The monoisotopic (exact) mass is 376 g/mol. The third kappa shape index (κ3) is 3.99. The predicted molar refractivity (Wildman–Crippen MR) is 102 cm³/mol. The first-order valence-electron chi connectivity index (χ1n) is 7.99. The van der Waals surface area contributed by atoms with Crippen LogP contribution in [0, 0.1) is 5.41 Å². The van der Waals surface area contributed by atoms with Gasteiger partial charge in [0, 0.05) is 15.8 Å². The van der Waals surface area contributed by atoms with E-state index in [2.05, 4.69) is 9.97 Å². The number of aromatic amines is 1. The molecule has 3 aromatic heterocycles. The number of hydrogen-bond donors (Lipinski definition) is 1. The molecule has 25 heavy (non-hydrogen) atoms. The minimum atomic E-state index is -0.598. The lowest BCUT2D eigenvalue weighted by Gasteiger charge is -2.19.